The number of nitriles is 1. The number of hydrogen-bond donors (Lipinski definition) is 0. The van der Waals surface area contributed by atoms with Crippen molar-refractivity contribution in [2.45, 2.75) is 25.7 Å². The summed E-state index contributed by atoms with van der Waals surface area (Å²) in [5.74, 6) is 0.418. The maximum atomic E-state index is 12.7. The lowest BCUT2D eigenvalue weighted by atomic mass is 9.86. The SMILES string of the molecule is N#Cc1cccc(N2CC3(CCN(C(=O)C4CC=CC4)C3)CC2=O)c1. The van der Waals surface area contributed by atoms with Gasteiger partial charge in [-0.05, 0) is 37.5 Å². The number of nitrogens with zero attached hydrogens (tertiary/aromatic N) is 3. The van der Waals surface area contributed by atoms with Gasteiger partial charge >= 0.3 is 0 Å². The summed E-state index contributed by atoms with van der Waals surface area (Å²) < 4.78 is 0. The van der Waals surface area contributed by atoms with Crippen LogP contribution in [0.2, 0.25) is 0 Å². The Hall–Kier alpha value is -2.61. The molecule has 3 aliphatic rings. The van der Waals surface area contributed by atoms with Gasteiger partial charge in [0.15, 0.2) is 0 Å². The highest BCUT2D eigenvalue weighted by Crippen LogP contribution is 2.42. The van der Waals surface area contributed by atoms with Crippen LogP contribution in [0.4, 0.5) is 5.69 Å². The van der Waals surface area contributed by atoms with E-state index in [9.17, 15) is 9.59 Å². The minimum atomic E-state index is -0.137. The fourth-order valence-corrected chi connectivity index (χ4v) is 4.35. The maximum absolute atomic E-state index is 12.7. The number of anilines is 1. The summed E-state index contributed by atoms with van der Waals surface area (Å²) in [6.07, 6.45) is 7.20. The van der Waals surface area contributed by atoms with Gasteiger partial charge in [-0.1, -0.05) is 18.2 Å². The molecule has 1 spiro atoms. The molecular weight excluding hydrogens is 314 g/mol. The van der Waals surface area contributed by atoms with Crippen molar-refractivity contribution < 1.29 is 9.59 Å². The third-order valence-electron chi connectivity index (χ3n) is 5.71. The van der Waals surface area contributed by atoms with Crippen molar-refractivity contribution in [1.29, 1.82) is 5.26 Å². The molecule has 2 amide bonds. The van der Waals surface area contributed by atoms with E-state index in [1.807, 2.05) is 17.0 Å². The van der Waals surface area contributed by atoms with Gasteiger partial charge in [0.05, 0.1) is 11.6 Å². The zero-order valence-electron chi connectivity index (χ0n) is 14.1. The van der Waals surface area contributed by atoms with Crippen LogP contribution in [0.15, 0.2) is 36.4 Å². The molecule has 5 heteroatoms. The lowest BCUT2D eigenvalue weighted by Gasteiger charge is -2.25. The van der Waals surface area contributed by atoms with E-state index in [-0.39, 0.29) is 23.1 Å². The van der Waals surface area contributed by atoms with E-state index in [2.05, 4.69) is 18.2 Å². The second-order valence-electron chi connectivity index (χ2n) is 7.47. The Kier molecular flexibility index (Phi) is 3.84. The van der Waals surface area contributed by atoms with Crippen LogP contribution in [0.5, 0.6) is 0 Å². The number of allylic oxidation sites excluding steroid dienone is 2. The van der Waals surface area contributed by atoms with Crippen molar-refractivity contribution in [3.8, 4) is 6.07 Å². The van der Waals surface area contributed by atoms with Crippen molar-refractivity contribution in [2.75, 3.05) is 24.5 Å². The average Bonchev–Trinajstić information content (AvgIpc) is 3.36. The van der Waals surface area contributed by atoms with E-state index in [1.165, 1.54) is 0 Å². The van der Waals surface area contributed by atoms with Gasteiger partial charge in [-0.25, -0.2) is 0 Å². The molecule has 2 heterocycles. The zero-order valence-corrected chi connectivity index (χ0v) is 14.1. The molecule has 1 aromatic rings. The molecule has 2 fully saturated rings. The summed E-state index contributed by atoms with van der Waals surface area (Å²) in [6.45, 7) is 2.05. The number of carbonyl (C=O) groups is 2. The van der Waals surface area contributed by atoms with Gasteiger partial charge in [0.2, 0.25) is 11.8 Å². The second kappa shape index (κ2) is 6.03. The fourth-order valence-electron chi connectivity index (χ4n) is 4.35. The van der Waals surface area contributed by atoms with E-state index >= 15 is 0 Å². The third-order valence-corrected chi connectivity index (χ3v) is 5.71. The summed E-state index contributed by atoms with van der Waals surface area (Å²) >= 11 is 0. The van der Waals surface area contributed by atoms with Gasteiger partial charge in [0.1, 0.15) is 0 Å². The van der Waals surface area contributed by atoms with Crippen molar-refractivity contribution >= 4 is 17.5 Å². The van der Waals surface area contributed by atoms with Gasteiger partial charge in [-0.2, -0.15) is 5.26 Å². The van der Waals surface area contributed by atoms with Crippen LogP contribution in [0.1, 0.15) is 31.2 Å². The van der Waals surface area contributed by atoms with E-state index in [1.54, 1.807) is 17.0 Å². The first-order chi connectivity index (χ1) is 12.1. The molecule has 2 aliphatic heterocycles. The molecule has 2 saturated heterocycles. The lowest BCUT2D eigenvalue weighted by molar-refractivity contribution is -0.134. The zero-order chi connectivity index (χ0) is 17.4. The molecule has 0 N–H and O–H groups in total. The summed E-state index contributed by atoms with van der Waals surface area (Å²) in [4.78, 5) is 29.0. The number of carbonyl (C=O) groups excluding carboxylic acids is 2. The molecule has 0 radical (unpaired) electrons. The highest BCUT2D eigenvalue weighted by Gasteiger charge is 2.49. The quantitative estimate of drug-likeness (QED) is 0.780. The molecule has 25 heavy (non-hydrogen) atoms. The molecule has 1 unspecified atom stereocenters. The van der Waals surface area contributed by atoms with Crippen molar-refractivity contribution in [1.82, 2.24) is 4.90 Å². The van der Waals surface area contributed by atoms with E-state index in [4.69, 9.17) is 5.26 Å². The minimum absolute atomic E-state index is 0.0897. The van der Waals surface area contributed by atoms with Crippen molar-refractivity contribution in [2.24, 2.45) is 11.3 Å². The molecular formula is C20H21N3O2. The van der Waals surface area contributed by atoms with Crippen LogP contribution in [0, 0.1) is 22.7 Å². The largest absolute Gasteiger partial charge is 0.342 e. The normalized spacial score (nSPS) is 26.0. The topological polar surface area (TPSA) is 64.4 Å². The fraction of sp³-hybridized carbons (Fsp3) is 0.450. The Morgan fingerprint density at radius 3 is 2.80 bits per heavy atom. The van der Waals surface area contributed by atoms with Crippen LogP contribution in [-0.2, 0) is 9.59 Å². The number of amides is 2. The Morgan fingerprint density at radius 1 is 1.24 bits per heavy atom. The number of benzene rings is 1. The molecule has 4 rings (SSSR count). The maximum Gasteiger partial charge on any atom is 0.227 e. The predicted octanol–water partition coefficient (Wildman–Crippen LogP) is 2.48. The summed E-state index contributed by atoms with van der Waals surface area (Å²) in [5.41, 5.74) is 1.20. The average molecular weight is 335 g/mol. The van der Waals surface area contributed by atoms with Gasteiger partial charge in [0, 0.05) is 43.1 Å². The van der Waals surface area contributed by atoms with Gasteiger partial charge in [-0.15, -0.1) is 0 Å². The van der Waals surface area contributed by atoms with Crippen LogP contribution >= 0.6 is 0 Å². The monoisotopic (exact) mass is 335 g/mol. The van der Waals surface area contributed by atoms with Crippen LogP contribution < -0.4 is 4.90 Å². The molecule has 0 saturated carbocycles. The molecule has 1 aromatic carbocycles. The first-order valence-corrected chi connectivity index (χ1v) is 8.85. The Bertz CT molecular complexity index is 786. The Labute approximate surface area is 147 Å². The molecule has 1 atom stereocenters. The molecule has 128 valence electrons. The predicted molar refractivity (Wildman–Crippen MR) is 93.6 cm³/mol. The van der Waals surface area contributed by atoms with Gasteiger partial charge in [-0.3, -0.25) is 9.59 Å². The van der Waals surface area contributed by atoms with E-state index in [0.717, 1.165) is 31.5 Å². The summed E-state index contributed by atoms with van der Waals surface area (Å²) in [7, 11) is 0. The van der Waals surface area contributed by atoms with Crippen molar-refractivity contribution in [3.63, 3.8) is 0 Å². The first kappa shape index (κ1) is 15.9. The molecule has 0 bridgehead atoms. The third kappa shape index (κ3) is 2.82. The lowest BCUT2D eigenvalue weighted by Crippen LogP contribution is -2.36. The Morgan fingerprint density at radius 2 is 2.04 bits per heavy atom. The van der Waals surface area contributed by atoms with Crippen LogP contribution in [-0.4, -0.2) is 36.3 Å². The molecule has 5 nitrogen and oxygen atoms in total. The Balaban J connectivity index is 1.48. The molecule has 1 aliphatic carbocycles. The highest BCUT2D eigenvalue weighted by atomic mass is 16.2. The highest BCUT2D eigenvalue weighted by molar-refractivity contribution is 5.96. The first-order valence-electron chi connectivity index (χ1n) is 8.85. The smallest absolute Gasteiger partial charge is 0.227 e. The number of likely N-dealkylation sites (tertiary alicyclic amines) is 1. The van der Waals surface area contributed by atoms with Gasteiger partial charge in [0.25, 0.3) is 0 Å². The van der Waals surface area contributed by atoms with Crippen molar-refractivity contribution in [3.05, 3.63) is 42.0 Å². The van der Waals surface area contributed by atoms with E-state index in [0.29, 0.717) is 25.1 Å². The van der Waals surface area contributed by atoms with Crippen LogP contribution in [0.25, 0.3) is 0 Å². The minimum Gasteiger partial charge on any atom is -0.342 e. The van der Waals surface area contributed by atoms with Crippen LogP contribution in [0.3, 0.4) is 0 Å². The summed E-state index contributed by atoms with van der Waals surface area (Å²) in [5, 5.41) is 9.07. The number of rotatable bonds is 2. The number of hydrogen-bond acceptors (Lipinski definition) is 3. The standard InChI is InChI=1S/C20H21N3O2/c21-12-15-4-3-7-17(10-15)23-14-20(11-18(23)24)8-9-22(13-20)19(25)16-5-1-2-6-16/h1-4,7,10,16H,5-6,8-9,11,13-14H2. The van der Waals surface area contributed by atoms with E-state index < -0.39 is 0 Å². The molecule has 0 aromatic heterocycles. The second-order valence-corrected chi connectivity index (χ2v) is 7.47. The van der Waals surface area contributed by atoms with Gasteiger partial charge < -0.3 is 9.80 Å². The summed E-state index contributed by atoms with van der Waals surface area (Å²) in [6, 6.07) is 9.31.